The van der Waals surface area contributed by atoms with Gasteiger partial charge in [-0.05, 0) is 36.8 Å². The first-order valence-electron chi connectivity index (χ1n) is 8.77. The Hall–Kier alpha value is -3.31. The third-order valence-electron chi connectivity index (χ3n) is 4.15. The number of carbonyl (C=O) groups is 1. The number of fused-ring (bicyclic) bond motifs is 1. The van der Waals surface area contributed by atoms with Crippen LogP contribution in [0.2, 0.25) is 0 Å². The number of hydrogen-bond donors (Lipinski definition) is 4. The molecule has 3 aromatic rings. The van der Waals surface area contributed by atoms with Gasteiger partial charge in [0.25, 0.3) is 5.91 Å². The fraction of sp³-hybridized carbons (Fsp3) is 0.211. The number of anilines is 3. The molecule has 0 spiro atoms. The number of aliphatic hydroxyl groups is 1. The summed E-state index contributed by atoms with van der Waals surface area (Å²) in [5, 5.41) is 13.0. The maximum atomic E-state index is 13.8. The minimum atomic E-state index is -1.33. The zero-order valence-corrected chi connectivity index (χ0v) is 17.0. The molecule has 0 saturated heterocycles. The second kappa shape index (κ2) is 9.01. The van der Waals surface area contributed by atoms with Crippen LogP contribution in [-0.2, 0) is 15.8 Å². The molecular formula is C19H20FN5O4S. The smallest absolute Gasteiger partial charge is 0.260 e. The van der Waals surface area contributed by atoms with Crippen molar-refractivity contribution in [2.24, 2.45) is 5.73 Å². The monoisotopic (exact) mass is 433 g/mol. The molecule has 1 heterocycles. The SMILES string of the molecule is Cc1cc(NS(C)=O)cc2ncnc(Nc3ccc(F)cc3OC(CO)C(N)=O)c12. The van der Waals surface area contributed by atoms with Gasteiger partial charge in [-0.15, -0.1) is 0 Å². The van der Waals surface area contributed by atoms with Crippen LogP contribution >= 0.6 is 0 Å². The van der Waals surface area contributed by atoms with E-state index in [0.29, 0.717) is 28.1 Å². The van der Waals surface area contributed by atoms with Gasteiger partial charge in [0.2, 0.25) is 0 Å². The number of benzene rings is 2. The van der Waals surface area contributed by atoms with Crippen molar-refractivity contribution in [2.75, 3.05) is 22.9 Å². The molecule has 2 atom stereocenters. The minimum Gasteiger partial charge on any atom is -0.476 e. The fourth-order valence-corrected chi connectivity index (χ4v) is 3.32. The molecule has 2 unspecified atom stereocenters. The summed E-state index contributed by atoms with van der Waals surface area (Å²) in [4.78, 5) is 19.9. The summed E-state index contributed by atoms with van der Waals surface area (Å²) in [5.74, 6) is -1.08. The second-order valence-corrected chi connectivity index (χ2v) is 7.54. The van der Waals surface area contributed by atoms with Gasteiger partial charge in [-0.3, -0.25) is 4.79 Å². The number of nitrogens with zero attached hydrogens (tertiary/aromatic N) is 2. The summed E-state index contributed by atoms with van der Waals surface area (Å²) < 4.78 is 33.4. The van der Waals surface area contributed by atoms with Gasteiger partial charge in [0.15, 0.2) is 6.10 Å². The number of hydrogen-bond acceptors (Lipinski definition) is 7. The highest BCUT2D eigenvalue weighted by molar-refractivity contribution is 7.85. The third-order valence-corrected chi connectivity index (χ3v) is 4.67. The van der Waals surface area contributed by atoms with E-state index in [9.17, 15) is 18.5 Å². The van der Waals surface area contributed by atoms with Crippen LogP contribution in [0.3, 0.4) is 0 Å². The summed E-state index contributed by atoms with van der Waals surface area (Å²) in [6, 6.07) is 7.23. The first-order valence-corrected chi connectivity index (χ1v) is 10.3. The highest BCUT2D eigenvalue weighted by Gasteiger charge is 2.19. The van der Waals surface area contributed by atoms with E-state index in [2.05, 4.69) is 20.0 Å². The van der Waals surface area contributed by atoms with Crippen LogP contribution in [0.5, 0.6) is 5.75 Å². The number of aryl methyl sites for hydroxylation is 1. The quantitative estimate of drug-likeness (QED) is 0.424. The first-order chi connectivity index (χ1) is 14.3. The van der Waals surface area contributed by atoms with Crippen molar-refractivity contribution < 1.29 is 23.2 Å². The maximum absolute atomic E-state index is 13.8. The zero-order chi connectivity index (χ0) is 21.8. The van der Waals surface area contributed by atoms with Crippen LogP contribution in [0.1, 0.15) is 5.56 Å². The summed E-state index contributed by atoms with van der Waals surface area (Å²) in [7, 11) is -1.24. The molecule has 3 rings (SSSR count). The number of primary amides is 1. The number of halogens is 1. The standard InChI is InChI=1S/C19H20FN5O4S/c1-10-5-12(25-30(2)28)7-14-17(10)19(23-9-22-14)24-13-4-3-11(20)6-15(13)29-16(8-26)18(21)27/h3-7,9,16,25-26H,8H2,1-2H3,(H2,21,27)(H,22,23,24). The van der Waals surface area contributed by atoms with Gasteiger partial charge in [-0.25, -0.2) is 18.6 Å². The highest BCUT2D eigenvalue weighted by Crippen LogP contribution is 2.33. The number of rotatable bonds is 8. The molecule has 2 aromatic carbocycles. The lowest BCUT2D eigenvalue weighted by molar-refractivity contribution is -0.126. The van der Waals surface area contributed by atoms with Crippen molar-refractivity contribution in [3.05, 3.63) is 48.0 Å². The van der Waals surface area contributed by atoms with E-state index >= 15 is 0 Å². The molecule has 0 fully saturated rings. The lowest BCUT2D eigenvalue weighted by Crippen LogP contribution is -2.36. The maximum Gasteiger partial charge on any atom is 0.260 e. The van der Waals surface area contributed by atoms with Crippen molar-refractivity contribution in [1.82, 2.24) is 9.97 Å². The predicted molar refractivity (Wildman–Crippen MR) is 112 cm³/mol. The average Bonchev–Trinajstić information content (AvgIpc) is 2.67. The van der Waals surface area contributed by atoms with E-state index in [1.54, 1.807) is 12.1 Å². The van der Waals surface area contributed by atoms with Crippen LogP contribution in [0.15, 0.2) is 36.7 Å². The Balaban J connectivity index is 2.02. The Morgan fingerprint density at radius 1 is 1.33 bits per heavy atom. The largest absolute Gasteiger partial charge is 0.476 e. The lowest BCUT2D eigenvalue weighted by Gasteiger charge is -2.18. The Morgan fingerprint density at radius 2 is 2.10 bits per heavy atom. The van der Waals surface area contributed by atoms with Crippen molar-refractivity contribution in [3.8, 4) is 5.75 Å². The Kier molecular flexibility index (Phi) is 6.43. The van der Waals surface area contributed by atoms with Crippen LogP contribution in [0, 0.1) is 12.7 Å². The van der Waals surface area contributed by atoms with E-state index in [1.807, 2.05) is 6.92 Å². The number of aromatic nitrogens is 2. The minimum absolute atomic E-state index is 0.0167. The molecule has 0 aliphatic carbocycles. The molecule has 0 aliphatic heterocycles. The molecular weight excluding hydrogens is 413 g/mol. The molecule has 0 bridgehead atoms. The molecule has 158 valence electrons. The number of nitrogens with one attached hydrogen (secondary N) is 2. The average molecular weight is 433 g/mol. The molecule has 30 heavy (non-hydrogen) atoms. The van der Waals surface area contributed by atoms with E-state index in [-0.39, 0.29) is 5.75 Å². The second-order valence-electron chi connectivity index (χ2n) is 6.42. The highest BCUT2D eigenvalue weighted by atomic mass is 32.2. The van der Waals surface area contributed by atoms with Crippen molar-refractivity contribution in [3.63, 3.8) is 0 Å². The van der Waals surface area contributed by atoms with Gasteiger partial charge in [0, 0.05) is 23.4 Å². The van der Waals surface area contributed by atoms with E-state index < -0.39 is 35.4 Å². The van der Waals surface area contributed by atoms with Gasteiger partial charge < -0.3 is 25.6 Å². The van der Waals surface area contributed by atoms with Crippen LogP contribution < -0.4 is 20.5 Å². The van der Waals surface area contributed by atoms with E-state index in [1.165, 1.54) is 24.7 Å². The summed E-state index contributed by atoms with van der Waals surface area (Å²) >= 11 is 0. The van der Waals surface area contributed by atoms with Gasteiger partial charge in [-0.2, -0.15) is 0 Å². The molecule has 1 aromatic heterocycles. The number of aliphatic hydroxyl groups excluding tert-OH is 1. The van der Waals surface area contributed by atoms with Crippen LogP contribution in [0.25, 0.3) is 10.9 Å². The predicted octanol–water partition coefficient (Wildman–Crippen LogP) is 1.75. The first kappa shape index (κ1) is 21.4. The Morgan fingerprint density at radius 3 is 2.77 bits per heavy atom. The van der Waals surface area contributed by atoms with E-state index in [4.69, 9.17) is 10.5 Å². The normalized spacial score (nSPS) is 12.9. The van der Waals surface area contributed by atoms with Gasteiger partial charge in [0.1, 0.15) is 34.7 Å². The summed E-state index contributed by atoms with van der Waals surface area (Å²) in [5.41, 5.74) is 7.54. The van der Waals surface area contributed by atoms with Gasteiger partial charge in [0.05, 0.1) is 17.8 Å². The summed E-state index contributed by atoms with van der Waals surface area (Å²) in [6.45, 7) is 1.19. The third kappa shape index (κ3) is 4.81. The number of amides is 1. The molecule has 0 radical (unpaired) electrons. The van der Waals surface area contributed by atoms with Gasteiger partial charge in [-0.1, -0.05) is 0 Å². The van der Waals surface area contributed by atoms with Gasteiger partial charge >= 0.3 is 0 Å². The molecule has 5 N–H and O–H groups in total. The molecule has 0 aliphatic rings. The number of carbonyl (C=O) groups excluding carboxylic acids is 1. The lowest BCUT2D eigenvalue weighted by atomic mass is 10.1. The number of nitrogens with two attached hydrogens (primary N) is 1. The Labute approximate surface area is 174 Å². The van der Waals surface area contributed by atoms with Crippen molar-refractivity contribution >= 4 is 45.0 Å². The van der Waals surface area contributed by atoms with Crippen LogP contribution in [0.4, 0.5) is 21.6 Å². The Bertz CT molecular complexity index is 1130. The van der Waals surface area contributed by atoms with E-state index in [0.717, 1.165) is 11.6 Å². The molecule has 9 nitrogen and oxygen atoms in total. The van der Waals surface area contributed by atoms with Crippen molar-refractivity contribution in [2.45, 2.75) is 13.0 Å². The fourth-order valence-electron chi connectivity index (χ4n) is 2.87. The zero-order valence-electron chi connectivity index (χ0n) is 16.2. The summed E-state index contributed by atoms with van der Waals surface area (Å²) in [6.07, 6.45) is 1.54. The van der Waals surface area contributed by atoms with Crippen LogP contribution in [-0.4, -0.2) is 44.2 Å². The molecule has 0 saturated carbocycles. The number of ether oxygens (including phenoxy) is 1. The van der Waals surface area contributed by atoms with Crippen molar-refractivity contribution in [1.29, 1.82) is 0 Å². The topological polar surface area (TPSA) is 139 Å². The molecule has 1 amide bonds. The molecule has 11 heteroatoms.